The number of carbonyl (C=O) groups excluding carboxylic acids is 1. The van der Waals surface area contributed by atoms with Crippen molar-refractivity contribution < 1.29 is 13.9 Å². The van der Waals surface area contributed by atoms with Crippen molar-refractivity contribution in [3.63, 3.8) is 0 Å². The summed E-state index contributed by atoms with van der Waals surface area (Å²) in [4.78, 5) is 11.5. The lowest BCUT2D eigenvalue weighted by atomic mass is 10.2. The van der Waals surface area contributed by atoms with Crippen LogP contribution < -0.4 is 5.32 Å². The number of carbonyl (C=O) groups is 1. The number of ether oxygens (including phenoxy) is 1. The number of rotatable bonds is 3. The predicted octanol–water partition coefficient (Wildman–Crippen LogP) is 1.83. The molecule has 0 saturated carbocycles. The van der Waals surface area contributed by atoms with Gasteiger partial charge in [0.1, 0.15) is 5.60 Å². The van der Waals surface area contributed by atoms with Crippen molar-refractivity contribution in [3.8, 4) is 5.82 Å². The van der Waals surface area contributed by atoms with E-state index in [0.717, 1.165) is 6.20 Å². The Balaban J connectivity index is 1.92. The molecule has 0 aromatic carbocycles. The number of hydrogen-bond acceptors (Lipinski definition) is 5. The van der Waals surface area contributed by atoms with E-state index < -0.39 is 17.5 Å². The average Bonchev–Trinajstić information content (AvgIpc) is 2.82. The summed E-state index contributed by atoms with van der Waals surface area (Å²) in [7, 11) is 0. The summed E-state index contributed by atoms with van der Waals surface area (Å²) >= 11 is 0. The van der Waals surface area contributed by atoms with E-state index in [0.29, 0.717) is 11.5 Å². The van der Waals surface area contributed by atoms with Crippen LogP contribution >= 0.6 is 0 Å². The van der Waals surface area contributed by atoms with Gasteiger partial charge in [0.25, 0.3) is 0 Å². The van der Waals surface area contributed by atoms with Gasteiger partial charge in [0, 0.05) is 0 Å². The molecule has 2 aromatic heterocycles. The molecule has 0 aliphatic rings. The van der Waals surface area contributed by atoms with E-state index in [1.165, 1.54) is 10.9 Å². The molecular weight excluding hydrogens is 277 g/mol. The smallest absolute Gasteiger partial charge is 0.407 e. The van der Waals surface area contributed by atoms with E-state index in [4.69, 9.17) is 4.74 Å². The second-order valence-electron chi connectivity index (χ2n) is 5.34. The average molecular weight is 293 g/mol. The van der Waals surface area contributed by atoms with Gasteiger partial charge in [-0.3, -0.25) is 0 Å². The lowest BCUT2D eigenvalue weighted by Gasteiger charge is -2.19. The second-order valence-corrected chi connectivity index (χ2v) is 5.34. The molecule has 112 valence electrons. The summed E-state index contributed by atoms with van der Waals surface area (Å²) in [5.74, 6) is -0.0626. The first-order valence-corrected chi connectivity index (χ1v) is 6.33. The van der Waals surface area contributed by atoms with Gasteiger partial charge in [0.2, 0.25) is 0 Å². The quantitative estimate of drug-likeness (QED) is 0.933. The highest BCUT2D eigenvalue weighted by molar-refractivity contribution is 5.67. The molecule has 0 saturated heterocycles. The lowest BCUT2D eigenvalue weighted by Crippen LogP contribution is -2.32. The number of aromatic nitrogens is 4. The van der Waals surface area contributed by atoms with E-state index in [2.05, 4.69) is 20.6 Å². The van der Waals surface area contributed by atoms with Gasteiger partial charge in [-0.15, -0.1) is 5.10 Å². The van der Waals surface area contributed by atoms with Crippen LogP contribution in [0, 0.1) is 5.82 Å². The first kappa shape index (κ1) is 14.9. The number of amides is 1. The van der Waals surface area contributed by atoms with Crippen LogP contribution in [-0.4, -0.2) is 31.7 Å². The Hall–Kier alpha value is -2.51. The molecule has 2 heterocycles. The molecule has 1 N–H and O–H groups in total. The molecule has 2 aromatic rings. The number of nitrogens with one attached hydrogen (secondary N) is 1. The molecule has 7 nitrogen and oxygen atoms in total. The predicted molar refractivity (Wildman–Crippen MR) is 72.2 cm³/mol. The van der Waals surface area contributed by atoms with E-state index in [9.17, 15) is 9.18 Å². The fourth-order valence-corrected chi connectivity index (χ4v) is 1.47. The van der Waals surface area contributed by atoms with Gasteiger partial charge in [-0.2, -0.15) is 10.2 Å². The third kappa shape index (κ3) is 4.51. The molecule has 0 bridgehead atoms. The second kappa shape index (κ2) is 5.86. The van der Waals surface area contributed by atoms with Crippen molar-refractivity contribution in [2.24, 2.45) is 0 Å². The van der Waals surface area contributed by atoms with Gasteiger partial charge in [-0.05, 0) is 32.9 Å². The maximum absolute atomic E-state index is 12.8. The SMILES string of the molecule is CC(C)(C)OC(=O)NCc1ccc(-n2cc(F)cn2)nn1. The minimum absolute atomic E-state index is 0.190. The largest absolute Gasteiger partial charge is 0.444 e. The van der Waals surface area contributed by atoms with Crippen LogP contribution in [0.2, 0.25) is 0 Å². The van der Waals surface area contributed by atoms with Crippen LogP contribution in [0.1, 0.15) is 26.5 Å². The highest BCUT2D eigenvalue weighted by Crippen LogP contribution is 2.07. The Morgan fingerprint density at radius 3 is 2.67 bits per heavy atom. The fourth-order valence-electron chi connectivity index (χ4n) is 1.47. The summed E-state index contributed by atoms with van der Waals surface area (Å²) in [6.45, 7) is 5.54. The van der Waals surface area contributed by atoms with Gasteiger partial charge in [-0.1, -0.05) is 0 Å². The number of alkyl carbamates (subject to hydrolysis) is 1. The number of halogens is 1. The minimum atomic E-state index is -0.552. The van der Waals surface area contributed by atoms with Gasteiger partial charge >= 0.3 is 6.09 Å². The Labute approximate surface area is 121 Å². The van der Waals surface area contributed by atoms with Crippen LogP contribution in [0.3, 0.4) is 0 Å². The van der Waals surface area contributed by atoms with E-state index in [-0.39, 0.29) is 6.54 Å². The molecule has 0 fully saturated rings. The zero-order valence-electron chi connectivity index (χ0n) is 12.0. The van der Waals surface area contributed by atoms with Crippen molar-refractivity contribution in [2.45, 2.75) is 32.9 Å². The highest BCUT2D eigenvalue weighted by Gasteiger charge is 2.15. The standard InChI is InChI=1S/C13H16FN5O2/c1-13(2,3)21-12(20)15-7-10-4-5-11(18-17-10)19-8-9(14)6-16-19/h4-6,8H,7H2,1-3H3,(H,15,20). The molecule has 0 radical (unpaired) electrons. The zero-order valence-corrected chi connectivity index (χ0v) is 12.0. The minimum Gasteiger partial charge on any atom is -0.444 e. The van der Waals surface area contributed by atoms with Crippen LogP contribution in [0.15, 0.2) is 24.5 Å². The van der Waals surface area contributed by atoms with E-state index >= 15 is 0 Å². The van der Waals surface area contributed by atoms with E-state index in [1.807, 2.05) is 0 Å². The lowest BCUT2D eigenvalue weighted by molar-refractivity contribution is 0.0523. The number of hydrogen-bond donors (Lipinski definition) is 1. The summed E-state index contributed by atoms with van der Waals surface area (Å²) in [6.07, 6.45) is 1.75. The first-order chi connectivity index (χ1) is 9.83. The molecule has 0 aliphatic carbocycles. The monoisotopic (exact) mass is 293 g/mol. The van der Waals surface area contributed by atoms with Crippen LogP contribution in [0.4, 0.5) is 9.18 Å². The van der Waals surface area contributed by atoms with Gasteiger partial charge < -0.3 is 10.1 Å². The van der Waals surface area contributed by atoms with E-state index in [1.54, 1.807) is 32.9 Å². The number of nitrogens with zero attached hydrogens (tertiary/aromatic N) is 4. The molecule has 8 heteroatoms. The van der Waals surface area contributed by atoms with Crippen molar-refractivity contribution in [2.75, 3.05) is 0 Å². The zero-order chi connectivity index (χ0) is 15.5. The molecule has 21 heavy (non-hydrogen) atoms. The Kier molecular flexibility index (Phi) is 4.15. The van der Waals surface area contributed by atoms with Crippen LogP contribution in [-0.2, 0) is 11.3 Å². The molecule has 2 rings (SSSR count). The Morgan fingerprint density at radius 2 is 2.14 bits per heavy atom. The first-order valence-electron chi connectivity index (χ1n) is 6.33. The van der Waals surface area contributed by atoms with Gasteiger partial charge in [0.05, 0.1) is 24.6 Å². The summed E-state index contributed by atoms with van der Waals surface area (Å²) in [5.41, 5.74) is 0.00120. The maximum Gasteiger partial charge on any atom is 0.407 e. The van der Waals surface area contributed by atoms with Gasteiger partial charge in [-0.25, -0.2) is 13.9 Å². The summed E-state index contributed by atoms with van der Waals surface area (Å²) in [6, 6.07) is 3.30. The Morgan fingerprint density at radius 1 is 1.38 bits per heavy atom. The normalized spacial score (nSPS) is 11.2. The fraction of sp³-hybridized carbons (Fsp3) is 0.385. The topological polar surface area (TPSA) is 81.9 Å². The van der Waals surface area contributed by atoms with Crippen molar-refractivity contribution >= 4 is 6.09 Å². The van der Waals surface area contributed by atoms with Crippen molar-refractivity contribution in [1.29, 1.82) is 0 Å². The molecule has 0 unspecified atom stereocenters. The summed E-state index contributed by atoms with van der Waals surface area (Å²) in [5, 5.41) is 14.2. The Bertz CT molecular complexity index is 618. The molecule has 0 aliphatic heterocycles. The van der Waals surface area contributed by atoms with Crippen molar-refractivity contribution in [1.82, 2.24) is 25.3 Å². The summed E-state index contributed by atoms with van der Waals surface area (Å²) < 4.78 is 19.2. The highest BCUT2D eigenvalue weighted by atomic mass is 19.1. The molecule has 0 atom stereocenters. The molecule has 1 amide bonds. The maximum atomic E-state index is 12.8. The third-order valence-corrected chi connectivity index (χ3v) is 2.30. The van der Waals surface area contributed by atoms with Crippen LogP contribution in [0.5, 0.6) is 0 Å². The molecular formula is C13H16FN5O2. The van der Waals surface area contributed by atoms with Gasteiger partial charge in [0.15, 0.2) is 11.6 Å². The third-order valence-electron chi connectivity index (χ3n) is 2.30. The molecule has 0 spiro atoms. The van der Waals surface area contributed by atoms with Crippen molar-refractivity contribution in [3.05, 3.63) is 36.0 Å². The van der Waals surface area contributed by atoms with Crippen LogP contribution in [0.25, 0.3) is 5.82 Å².